The Bertz CT molecular complexity index is 698. The van der Waals surface area contributed by atoms with E-state index in [9.17, 15) is 5.11 Å². The maximum atomic E-state index is 11.4. The molecule has 6 rings (SSSR count). The molecule has 0 radical (unpaired) electrons. The summed E-state index contributed by atoms with van der Waals surface area (Å²) in [6.07, 6.45) is 7.63. The summed E-state index contributed by atoms with van der Waals surface area (Å²) in [7, 11) is 5.55. The van der Waals surface area contributed by atoms with E-state index in [1.54, 1.807) is 7.11 Å². The summed E-state index contributed by atoms with van der Waals surface area (Å²) in [6.45, 7) is 2.42. The molecule has 0 aromatic heterocycles. The molecule has 5 fully saturated rings. The van der Waals surface area contributed by atoms with Gasteiger partial charge in [0.2, 0.25) is 0 Å². The Hall–Kier alpha value is -0.490. The van der Waals surface area contributed by atoms with E-state index in [-0.39, 0.29) is 52.6 Å². The first-order valence-corrected chi connectivity index (χ1v) is 10.8. The SMILES string of the molecule is CO[C@H]1C[C@@]2(OC)[C@H]3[C@@H](O)[C@@H]1C[C@H]3[C@@]13[C@@H](OC)CC[C@@]4(C)C=N[C@@H]1[C@@H]2C[C@@H]34. The zero-order valence-corrected chi connectivity index (χ0v) is 16.9. The summed E-state index contributed by atoms with van der Waals surface area (Å²) in [5, 5.41) is 11.4. The van der Waals surface area contributed by atoms with Gasteiger partial charge in [-0.05, 0) is 37.5 Å². The van der Waals surface area contributed by atoms with E-state index < -0.39 is 0 Å². The van der Waals surface area contributed by atoms with Gasteiger partial charge in [0.15, 0.2) is 0 Å². The largest absolute Gasteiger partial charge is 0.392 e. The van der Waals surface area contributed by atoms with Crippen LogP contribution in [0.1, 0.15) is 39.0 Å². The van der Waals surface area contributed by atoms with Crippen LogP contribution in [0.2, 0.25) is 0 Å². The van der Waals surface area contributed by atoms with Crippen LogP contribution in [0.15, 0.2) is 4.99 Å². The maximum Gasteiger partial charge on any atom is 0.0807 e. The molecule has 7 bridgehead atoms. The first kappa shape index (κ1) is 17.4. The minimum absolute atomic E-state index is 0.0617. The Morgan fingerprint density at radius 3 is 2.63 bits per heavy atom. The van der Waals surface area contributed by atoms with Gasteiger partial charge in [0.1, 0.15) is 0 Å². The van der Waals surface area contributed by atoms with E-state index in [4.69, 9.17) is 19.2 Å². The third-order valence-electron chi connectivity index (χ3n) is 10.4. The summed E-state index contributed by atoms with van der Waals surface area (Å²) in [5.74, 6) is 1.77. The molecule has 1 N–H and O–H groups in total. The highest BCUT2D eigenvalue weighted by atomic mass is 16.5. The lowest BCUT2D eigenvalue weighted by atomic mass is 9.44. The Morgan fingerprint density at radius 2 is 1.93 bits per heavy atom. The van der Waals surface area contributed by atoms with E-state index in [1.807, 2.05) is 14.2 Å². The van der Waals surface area contributed by atoms with Crippen LogP contribution in [0.3, 0.4) is 0 Å². The number of hydrogen-bond donors (Lipinski definition) is 1. The van der Waals surface area contributed by atoms with Gasteiger partial charge in [-0.15, -0.1) is 0 Å². The van der Waals surface area contributed by atoms with Crippen LogP contribution in [0, 0.1) is 40.4 Å². The van der Waals surface area contributed by atoms with Crippen molar-refractivity contribution in [3.8, 4) is 0 Å². The van der Waals surface area contributed by atoms with Crippen LogP contribution in [0.4, 0.5) is 0 Å². The van der Waals surface area contributed by atoms with Gasteiger partial charge < -0.3 is 19.3 Å². The van der Waals surface area contributed by atoms with Crippen molar-refractivity contribution in [1.82, 2.24) is 0 Å². The van der Waals surface area contributed by atoms with Crippen LogP contribution >= 0.6 is 0 Å². The number of rotatable bonds is 3. The second-order valence-electron chi connectivity index (χ2n) is 10.5. The van der Waals surface area contributed by atoms with Crippen molar-refractivity contribution >= 4 is 6.21 Å². The van der Waals surface area contributed by atoms with Crippen molar-refractivity contribution in [2.75, 3.05) is 21.3 Å². The predicted octanol–water partition coefficient (Wildman–Crippen LogP) is 2.31. The van der Waals surface area contributed by atoms with E-state index in [1.165, 1.54) is 0 Å². The van der Waals surface area contributed by atoms with Gasteiger partial charge in [-0.3, -0.25) is 4.99 Å². The molecule has 0 saturated heterocycles. The van der Waals surface area contributed by atoms with Gasteiger partial charge in [-0.25, -0.2) is 0 Å². The fraction of sp³-hybridized carbons (Fsp3) is 0.955. The van der Waals surface area contributed by atoms with Crippen LogP contribution in [0.5, 0.6) is 0 Å². The number of aliphatic hydroxyl groups is 1. The highest BCUT2D eigenvalue weighted by molar-refractivity contribution is 5.69. The molecular formula is C22H33NO4. The van der Waals surface area contributed by atoms with Crippen molar-refractivity contribution in [1.29, 1.82) is 0 Å². The van der Waals surface area contributed by atoms with Gasteiger partial charge in [0.25, 0.3) is 0 Å². The molecule has 0 aromatic carbocycles. The standard InChI is InChI=1S/C22H33NO4/c1-20-6-5-16(26-3)22-12-7-11-14(25-2)9-21(27-4,17(12)18(11)24)13(8-15(20)22)19(22)23-10-20/h10-19,24H,5-9H2,1-4H3/t11-,12-,13+,14+,15-,16+,17-,18+,19-,20+,21+,22-/m1/s1. The first-order chi connectivity index (χ1) is 13.0. The second-order valence-corrected chi connectivity index (χ2v) is 10.5. The number of methoxy groups -OCH3 is 3. The monoisotopic (exact) mass is 375 g/mol. The lowest BCUT2D eigenvalue weighted by Gasteiger charge is -2.64. The lowest BCUT2D eigenvalue weighted by Crippen LogP contribution is -2.70. The third kappa shape index (κ3) is 1.61. The molecule has 27 heavy (non-hydrogen) atoms. The molecule has 0 aromatic rings. The summed E-state index contributed by atoms with van der Waals surface area (Å²) < 4.78 is 18.5. The van der Waals surface area contributed by atoms with Crippen molar-refractivity contribution in [2.24, 2.45) is 45.4 Å². The van der Waals surface area contributed by atoms with Gasteiger partial charge in [-0.2, -0.15) is 0 Å². The molecule has 5 aliphatic carbocycles. The molecule has 1 heterocycles. The molecule has 1 aliphatic heterocycles. The van der Waals surface area contributed by atoms with Crippen molar-refractivity contribution in [3.63, 3.8) is 0 Å². The van der Waals surface area contributed by atoms with Gasteiger partial charge >= 0.3 is 0 Å². The van der Waals surface area contributed by atoms with Crippen molar-refractivity contribution in [2.45, 2.75) is 69.0 Å². The third-order valence-corrected chi connectivity index (χ3v) is 10.4. The van der Waals surface area contributed by atoms with Crippen molar-refractivity contribution in [3.05, 3.63) is 0 Å². The smallest absolute Gasteiger partial charge is 0.0807 e. The predicted molar refractivity (Wildman–Crippen MR) is 101 cm³/mol. The Labute approximate surface area is 161 Å². The number of aliphatic imine (C=N–C) groups is 1. The van der Waals surface area contributed by atoms with Crippen LogP contribution in [-0.2, 0) is 14.2 Å². The molecule has 0 unspecified atom stereocenters. The molecule has 1 spiro atoms. The summed E-state index contributed by atoms with van der Waals surface area (Å²) in [6, 6.07) is 0.267. The van der Waals surface area contributed by atoms with Crippen LogP contribution in [-0.4, -0.2) is 62.6 Å². The number of nitrogens with zero attached hydrogens (tertiary/aromatic N) is 1. The zero-order valence-electron chi connectivity index (χ0n) is 16.9. The highest BCUT2D eigenvalue weighted by Gasteiger charge is 2.82. The number of ether oxygens (including phenoxy) is 3. The van der Waals surface area contributed by atoms with Gasteiger partial charge in [-0.1, -0.05) is 6.92 Å². The Morgan fingerprint density at radius 1 is 1.11 bits per heavy atom. The fourth-order valence-corrected chi connectivity index (χ4v) is 9.64. The quantitative estimate of drug-likeness (QED) is 0.822. The lowest BCUT2D eigenvalue weighted by molar-refractivity contribution is -0.239. The topological polar surface area (TPSA) is 60.3 Å². The van der Waals surface area contributed by atoms with E-state index >= 15 is 0 Å². The van der Waals surface area contributed by atoms with E-state index in [0.717, 1.165) is 32.1 Å². The average Bonchev–Trinajstić information content (AvgIpc) is 3.05. The molecule has 12 atom stereocenters. The first-order valence-electron chi connectivity index (χ1n) is 10.8. The molecule has 6 aliphatic rings. The molecule has 5 nitrogen and oxygen atoms in total. The minimum atomic E-state index is -0.332. The molecular weight excluding hydrogens is 342 g/mol. The molecule has 5 heteroatoms. The fourth-order valence-electron chi connectivity index (χ4n) is 9.64. The summed E-state index contributed by atoms with van der Waals surface area (Å²) in [4.78, 5) is 5.26. The zero-order chi connectivity index (χ0) is 18.8. The summed E-state index contributed by atoms with van der Waals surface area (Å²) in [5.41, 5.74) is -0.0876. The molecule has 5 saturated carbocycles. The minimum Gasteiger partial charge on any atom is -0.392 e. The number of fused-ring (bicyclic) bond motifs is 2. The highest BCUT2D eigenvalue weighted by Crippen LogP contribution is 2.78. The van der Waals surface area contributed by atoms with Gasteiger partial charge in [0.05, 0.1) is 30.0 Å². The number of aliphatic hydroxyl groups excluding tert-OH is 1. The Kier molecular flexibility index (Phi) is 3.32. The average molecular weight is 376 g/mol. The molecule has 150 valence electrons. The van der Waals surface area contributed by atoms with Crippen LogP contribution < -0.4 is 0 Å². The normalized spacial score (nSPS) is 64.9. The van der Waals surface area contributed by atoms with Gasteiger partial charge in [0, 0.05) is 62.5 Å². The summed E-state index contributed by atoms with van der Waals surface area (Å²) >= 11 is 0. The maximum absolute atomic E-state index is 11.4. The number of hydrogen-bond acceptors (Lipinski definition) is 5. The Balaban J connectivity index is 1.60. The van der Waals surface area contributed by atoms with E-state index in [2.05, 4.69) is 13.1 Å². The second kappa shape index (κ2) is 5.16. The van der Waals surface area contributed by atoms with Crippen molar-refractivity contribution < 1.29 is 19.3 Å². The van der Waals surface area contributed by atoms with E-state index in [0.29, 0.717) is 17.8 Å². The molecule has 0 amide bonds. The van der Waals surface area contributed by atoms with Crippen LogP contribution in [0.25, 0.3) is 0 Å².